The van der Waals surface area contributed by atoms with Gasteiger partial charge in [0, 0.05) is 10.6 Å². The van der Waals surface area contributed by atoms with Crippen LogP contribution in [0.2, 0.25) is 10.0 Å². The third-order valence-electron chi connectivity index (χ3n) is 4.52. The number of hydrogen-bond acceptors (Lipinski definition) is 6. The van der Waals surface area contributed by atoms with Crippen LogP contribution in [0.4, 0.5) is 4.39 Å². The fraction of sp³-hybridized carbons (Fsp3) is 0.0417. The van der Waals surface area contributed by atoms with E-state index >= 15 is 0 Å². The van der Waals surface area contributed by atoms with Crippen molar-refractivity contribution >= 4 is 47.1 Å². The van der Waals surface area contributed by atoms with Gasteiger partial charge in [0.25, 0.3) is 0 Å². The lowest BCUT2D eigenvalue weighted by Gasteiger charge is -2.12. The number of esters is 2. The summed E-state index contributed by atoms with van der Waals surface area (Å²) in [5, 5.41) is 0.553. The van der Waals surface area contributed by atoms with Gasteiger partial charge in [-0.1, -0.05) is 29.3 Å². The predicted octanol–water partition coefficient (Wildman–Crippen LogP) is 5.70. The average molecular weight is 486 g/mol. The molecule has 0 fully saturated rings. The number of benzene rings is 3. The zero-order valence-corrected chi connectivity index (χ0v) is 18.5. The van der Waals surface area contributed by atoms with Crippen LogP contribution in [-0.4, -0.2) is 24.9 Å². The molecular formula is C24H14Cl2FNO5. The first-order valence-corrected chi connectivity index (χ1v) is 10.2. The molecule has 0 saturated heterocycles. The highest BCUT2D eigenvalue weighted by molar-refractivity contribution is 6.32. The van der Waals surface area contributed by atoms with Gasteiger partial charge in [0.1, 0.15) is 5.82 Å². The molecule has 6 nitrogen and oxygen atoms in total. The summed E-state index contributed by atoms with van der Waals surface area (Å²) in [6, 6.07) is 14.7. The van der Waals surface area contributed by atoms with E-state index in [1.807, 2.05) is 0 Å². The molecule has 0 aliphatic carbocycles. The first-order chi connectivity index (χ1) is 15.8. The molecule has 0 atom stereocenters. The van der Waals surface area contributed by atoms with Crippen molar-refractivity contribution < 1.29 is 28.2 Å². The van der Waals surface area contributed by atoms with E-state index in [0.29, 0.717) is 16.1 Å². The maximum Gasteiger partial charge on any atom is 0.363 e. The molecular weight excluding hydrogens is 472 g/mol. The summed E-state index contributed by atoms with van der Waals surface area (Å²) in [6.07, 6.45) is 1.42. The Kier molecular flexibility index (Phi) is 6.44. The summed E-state index contributed by atoms with van der Waals surface area (Å²) in [7, 11) is 1.38. The third-order valence-corrected chi connectivity index (χ3v) is 5.05. The molecule has 0 N–H and O–H groups in total. The molecule has 0 bridgehead atoms. The predicted molar refractivity (Wildman–Crippen MR) is 121 cm³/mol. The second-order valence-electron chi connectivity index (χ2n) is 6.78. The number of nitrogens with zero attached hydrogens (tertiary/aromatic N) is 1. The lowest BCUT2D eigenvalue weighted by molar-refractivity contribution is -0.129. The number of halogens is 3. The first-order valence-electron chi connectivity index (χ1n) is 9.48. The van der Waals surface area contributed by atoms with Crippen molar-refractivity contribution in [1.29, 1.82) is 0 Å². The second kappa shape index (κ2) is 9.44. The fourth-order valence-corrected chi connectivity index (χ4v) is 3.36. The number of ether oxygens (including phenoxy) is 3. The van der Waals surface area contributed by atoms with Crippen molar-refractivity contribution in [2.75, 3.05) is 7.11 Å². The number of cyclic esters (lactones) is 1. The molecule has 33 heavy (non-hydrogen) atoms. The van der Waals surface area contributed by atoms with E-state index in [9.17, 15) is 14.0 Å². The molecule has 0 unspecified atom stereocenters. The largest absolute Gasteiger partial charge is 0.493 e. The molecule has 3 aromatic rings. The van der Waals surface area contributed by atoms with Crippen molar-refractivity contribution in [2.24, 2.45) is 4.99 Å². The molecule has 1 aliphatic rings. The van der Waals surface area contributed by atoms with Crippen LogP contribution in [0.3, 0.4) is 0 Å². The first kappa shape index (κ1) is 22.5. The van der Waals surface area contributed by atoms with Gasteiger partial charge in [-0.2, -0.15) is 0 Å². The van der Waals surface area contributed by atoms with Crippen molar-refractivity contribution in [1.82, 2.24) is 0 Å². The molecule has 166 valence electrons. The molecule has 3 aromatic carbocycles. The highest BCUT2D eigenvalue weighted by Gasteiger charge is 2.25. The van der Waals surface area contributed by atoms with Crippen LogP contribution >= 0.6 is 23.2 Å². The van der Waals surface area contributed by atoms with E-state index in [0.717, 1.165) is 0 Å². The minimum Gasteiger partial charge on any atom is -0.493 e. The SMILES string of the molecule is COc1cc(/C=C2\N=C(c3cccc(F)c3)OC2=O)cc(Cl)c1OC(=O)c1ccc(Cl)cc1. The molecule has 1 heterocycles. The zero-order chi connectivity index (χ0) is 23.5. The summed E-state index contributed by atoms with van der Waals surface area (Å²) in [4.78, 5) is 28.8. The van der Waals surface area contributed by atoms with Crippen molar-refractivity contribution in [3.8, 4) is 11.5 Å². The van der Waals surface area contributed by atoms with Crippen LogP contribution in [0, 0.1) is 5.82 Å². The van der Waals surface area contributed by atoms with E-state index < -0.39 is 17.8 Å². The van der Waals surface area contributed by atoms with E-state index in [2.05, 4.69) is 4.99 Å². The molecule has 4 rings (SSSR count). The molecule has 9 heteroatoms. The van der Waals surface area contributed by atoms with Crippen molar-refractivity contribution in [3.05, 3.63) is 98.9 Å². The van der Waals surface area contributed by atoms with E-state index in [-0.39, 0.29) is 33.7 Å². The van der Waals surface area contributed by atoms with E-state index in [1.54, 1.807) is 18.2 Å². The standard InChI is InChI=1S/C24H14Cl2FNO5/c1-31-20-11-13(9-18(26)21(20)32-23(29)14-5-7-16(25)8-6-14)10-19-24(30)33-22(28-19)15-3-2-4-17(27)12-15/h2-12H,1H3/b19-10-. The zero-order valence-electron chi connectivity index (χ0n) is 17.0. The average Bonchev–Trinajstić information content (AvgIpc) is 3.16. The monoisotopic (exact) mass is 485 g/mol. The summed E-state index contributed by atoms with van der Waals surface area (Å²) in [6.45, 7) is 0. The fourth-order valence-electron chi connectivity index (χ4n) is 2.97. The number of carbonyl (C=O) groups excluding carboxylic acids is 2. The van der Waals surface area contributed by atoms with Crippen LogP contribution in [0.25, 0.3) is 6.08 Å². The Morgan fingerprint density at radius 2 is 1.85 bits per heavy atom. The summed E-state index contributed by atoms with van der Waals surface area (Å²) in [5.74, 6) is -1.68. The number of methoxy groups -OCH3 is 1. The summed E-state index contributed by atoms with van der Waals surface area (Å²) in [5.41, 5.74) is 1.03. The lowest BCUT2D eigenvalue weighted by atomic mass is 10.1. The summed E-state index contributed by atoms with van der Waals surface area (Å²) < 4.78 is 29.3. The minimum absolute atomic E-state index is 0.0132. The van der Waals surface area contributed by atoms with Gasteiger partial charge in [-0.15, -0.1) is 0 Å². The quantitative estimate of drug-likeness (QED) is 0.263. The topological polar surface area (TPSA) is 74.2 Å². The van der Waals surface area contributed by atoms with Crippen molar-refractivity contribution in [2.45, 2.75) is 0 Å². The van der Waals surface area contributed by atoms with Gasteiger partial charge in [0.15, 0.2) is 17.2 Å². The molecule has 0 spiro atoms. The number of aliphatic imine (C=N–C) groups is 1. The van der Waals surface area contributed by atoms with Gasteiger partial charge in [-0.25, -0.2) is 19.0 Å². The minimum atomic E-state index is -0.706. The number of carbonyl (C=O) groups is 2. The Morgan fingerprint density at radius 3 is 2.55 bits per heavy atom. The van der Waals surface area contributed by atoms with Crippen molar-refractivity contribution in [3.63, 3.8) is 0 Å². The number of rotatable bonds is 5. The Balaban J connectivity index is 1.62. The van der Waals surface area contributed by atoms with Gasteiger partial charge in [-0.05, 0) is 66.2 Å². The summed E-state index contributed by atoms with van der Waals surface area (Å²) >= 11 is 12.2. The van der Waals surface area contributed by atoms with Gasteiger partial charge in [-0.3, -0.25) is 0 Å². The van der Waals surface area contributed by atoms with Crippen LogP contribution < -0.4 is 9.47 Å². The maximum absolute atomic E-state index is 13.5. The van der Waals surface area contributed by atoms with E-state index in [4.69, 9.17) is 37.4 Å². The van der Waals surface area contributed by atoms with E-state index in [1.165, 1.54) is 55.7 Å². The number of hydrogen-bond donors (Lipinski definition) is 0. The van der Waals surface area contributed by atoms with Crippen LogP contribution in [-0.2, 0) is 9.53 Å². The van der Waals surface area contributed by atoms with Gasteiger partial charge in [0.2, 0.25) is 5.90 Å². The van der Waals surface area contributed by atoms with Gasteiger partial charge >= 0.3 is 11.9 Å². The van der Waals surface area contributed by atoms with Gasteiger partial charge < -0.3 is 14.2 Å². The Labute approximate surface area is 197 Å². The lowest BCUT2D eigenvalue weighted by Crippen LogP contribution is -2.09. The third kappa shape index (κ3) is 5.05. The van der Waals surface area contributed by atoms with Gasteiger partial charge in [0.05, 0.1) is 17.7 Å². The Morgan fingerprint density at radius 1 is 1.09 bits per heavy atom. The molecule has 0 radical (unpaired) electrons. The normalized spacial score (nSPS) is 14.1. The molecule has 0 saturated carbocycles. The molecule has 0 amide bonds. The van der Waals surface area contributed by atoms with Crippen LogP contribution in [0.15, 0.2) is 71.4 Å². The second-order valence-corrected chi connectivity index (χ2v) is 7.62. The smallest absolute Gasteiger partial charge is 0.363 e. The molecule has 1 aliphatic heterocycles. The molecule has 0 aromatic heterocycles. The maximum atomic E-state index is 13.5. The highest BCUT2D eigenvalue weighted by atomic mass is 35.5. The van der Waals surface area contributed by atoms with Crippen LogP contribution in [0.5, 0.6) is 11.5 Å². The van der Waals surface area contributed by atoms with Crippen LogP contribution in [0.1, 0.15) is 21.5 Å². The Bertz CT molecular complexity index is 1320. The Hall–Kier alpha value is -3.68. The highest BCUT2D eigenvalue weighted by Crippen LogP contribution is 2.38.